The van der Waals surface area contributed by atoms with Crippen LogP contribution in [-0.4, -0.2) is 26.9 Å². The van der Waals surface area contributed by atoms with Gasteiger partial charge < -0.3 is 15.3 Å². The summed E-state index contributed by atoms with van der Waals surface area (Å²) >= 11 is 0. The van der Waals surface area contributed by atoms with Crippen molar-refractivity contribution >= 4 is 23.7 Å². The van der Waals surface area contributed by atoms with E-state index in [1.807, 2.05) is 0 Å². The van der Waals surface area contributed by atoms with E-state index in [0.29, 0.717) is 5.56 Å². The predicted octanol–water partition coefficient (Wildman–Crippen LogP) is 3.06. The van der Waals surface area contributed by atoms with Crippen LogP contribution in [-0.2, 0) is 9.59 Å². The summed E-state index contributed by atoms with van der Waals surface area (Å²) in [4.78, 5) is 23.5. The number of benzene rings is 2. The molecule has 3 N–H and O–H groups in total. The second-order valence-electron chi connectivity index (χ2n) is 5.08. The van der Waals surface area contributed by atoms with Crippen molar-refractivity contribution < 1.29 is 24.9 Å². The van der Waals surface area contributed by atoms with E-state index < -0.39 is 11.6 Å². The van der Waals surface area contributed by atoms with Crippen molar-refractivity contribution in [3.63, 3.8) is 0 Å². The van der Waals surface area contributed by atoms with Gasteiger partial charge in [-0.3, -0.25) is 9.59 Å². The van der Waals surface area contributed by atoms with Crippen molar-refractivity contribution in [2.24, 2.45) is 0 Å². The van der Waals surface area contributed by atoms with Crippen molar-refractivity contribution in [1.82, 2.24) is 0 Å². The average Bonchev–Trinajstić information content (AvgIpc) is 2.55. The zero-order chi connectivity index (χ0) is 17.5. The lowest BCUT2D eigenvalue weighted by molar-refractivity contribution is -0.121. The standard InChI is InChI=1S/C19H16O5/c20-15-9-10-19(24)14(11-15)6-8-17(22)12-16(21)7-5-13-3-1-2-4-18(13)23/h1-11,20,23-24H,12H2/b7-5+,8-6+. The minimum Gasteiger partial charge on any atom is -0.508 e. The lowest BCUT2D eigenvalue weighted by atomic mass is 10.1. The van der Waals surface area contributed by atoms with Crippen LogP contribution in [0.5, 0.6) is 17.2 Å². The Morgan fingerprint density at radius 3 is 2.04 bits per heavy atom. The molecule has 0 saturated carbocycles. The highest BCUT2D eigenvalue weighted by molar-refractivity contribution is 6.11. The molecule has 0 amide bonds. The number of hydrogen-bond donors (Lipinski definition) is 3. The molecule has 0 saturated heterocycles. The van der Waals surface area contributed by atoms with E-state index in [1.165, 1.54) is 48.6 Å². The zero-order valence-electron chi connectivity index (χ0n) is 12.7. The van der Waals surface area contributed by atoms with Gasteiger partial charge in [0.2, 0.25) is 0 Å². The topological polar surface area (TPSA) is 94.8 Å². The van der Waals surface area contributed by atoms with Crippen molar-refractivity contribution in [2.75, 3.05) is 0 Å². The van der Waals surface area contributed by atoms with E-state index in [1.54, 1.807) is 18.2 Å². The highest BCUT2D eigenvalue weighted by Gasteiger charge is 2.05. The number of allylic oxidation sites excluding steroid dienone is 2. The molecule has 0 aliphatic heterocycles. The minimum absolute atomic E-state index is 0.0402. The number of aromatic hydroxyl groups is 3. The van der Waals surface area contributed by atoms with Crippen LogP contribution in [0.2, 0.25) is 0 Å². The van der Waals surface area contributed by atoms with Crippen LogP contribution < -0.4 is 0 Å². The number of carbonyl (C=O) groups is 2. The fourth-order valence-electron chi connectivity index (χ4n) is 1.96. The minimum atomic E-state index is -0.440. The number of ketones is 2. The van der Waals surface area contributed by atoms with E-state index >= 15 is 0 Å². The third-order valence-corrected chi connectivity index (χ3v) is 3.19. The number of carbonyl (C=O) groups excluding carboxylic acids is 2. The quantitative estimate of drug-likeness (QED) is 0.431. The smallest absolute Gasteiger partial charge is 0.163 e. The Kier molecular flexibility index (Phi) is 5.52. The Bertz CT molecular complexity index is 818. The van der Waals surface area contributed by atoms with Gasteiger partial charge in [0.15, 0.2) is 11.6 Å². The third kappa shape index (κ3) is 4.84. The van der Waals surface area contributed by atoms with Crippen molar-refractivity contribution in [2.45, 2.75) is 6.42 Å². The molecule has 0 aliphatic rings. The summed E-state index contributed by atoms with van der Waals surface area (Å²) in [6, 6.07) is 10.5. The van der Waals surface area contributed by atoms with Gasteiger partial charge in [-0.15, -0.1) is 0 Å². The van der Waals surface area contributed by atoms with E-state index in [9.17, 15) is 24.9 Å². The molecule has 5 nitrogen and oxygen atoms in total. The molecule has 122 valence electrons. The first-order valence-corrected chi connectivity index (χ1v) is 7.17. The second kappa shape index (κ2) is 7.78. The first kappa shape index (κ1) is 17.0. The first-order valence-electron chi connectivity index (χ1n) is 7.17. The Balaban J connectivity index is 1.97. The first-order chi connectivity index (χ1) is 11.5. The van der Waals surface area contributed by atoms with Crippen LogP contribution in [0.25, 0.3) is 12.2 Å². The average molecular weight is 324 g/mol. The summed E-state index contributed by atoms with van der Waals surface area (Å²) in [6.07, 6.45) is 4.83. The molecular formula is C19H16O5. The van der Waals surface area contributed by atoms with Crippen molar-refractivity contribution in [3.05, 3.63) is 65.7 Å². The molecule has 2 aromatic carbocycles. The predicted molar refractivity (Wildman–Crippen MR) is 90.6 cm³/mol. The maximum atomic E-state index is 11.8. The van der Waals surface area contributed by atoms with Crippen LogP contribution in [0.3, 0.4) is 0 Å². The molecule has 0 heterocycles. The van der Waals surface area contributed by atoms with Gasteiger partial charge in [-0.1, -0.05) is 18.2 Å². The summed E-state index contributed by atoms with van der Waals surface area (Å²) in [5, 5.41) is 28.5. The monoisotopic (exact) mass is 324 g/mol. The number of phenols is 3. The largest absolute Gasteiger partial charge is 0.508 e. The van der Waals surface area contributed by atoms with Gasteiger partial charge in [0.25, 0.3) is 0 Å². The molecule has 0 bridgehead atoms. The molecule has 0 radical (unpaired) electrons. The molecule has 2 aromatic rings. The lowest BCUT2D eigenvalue weighted by Crippen LogP contribution is -2.01. The van der Waals surface area contributed by atoms with Gasteiger partial charge in [0.05, 0.1) is 6.42 Å². The highest BCUT2D eigenvalue weighted by Crippen LogP contribution is 2.23. The third-order valence-electron chi connectivity index (χ3n) is 3.19. The van der Waals surface area contributed by atoms with Crippen LogP contribution in [0.1, 0.15) is 17.5 Å². The van der Waals surface area contributed by atoms with Gasteiger partial charge in [-0.2, -0.15) is 0 Å². The normalized spacial score (nSPS) is 11.2. The Hall–Kier alpha value is -3.34. The van der Waals surface area contributed by atoms with Gasteiger partial charge in [0, 0.05) is 11.1 Å². The summed E-state index contributed by atoms with van der Waals surface area (Å²) in [6.45, 7) is 0. The molecule has 0 aromatic heterocycles. The zero-order valence-corrected chi connectivity index (χ0v) is 12.7. The Morgan fingerprint density at radius 2 is 1.38 bits per heavy atom. The maximum absolute atomic E-state index is 11.8. The lowest BCUT2D eigenvalue weighted by Gasteiger charge is -1.99. The summed E-state index contributed by atoms with van der Waals surface area (Å²) < 4.78 is 0. The summed E-state index contributed by atoms with van der Waals surface area (Å²) in [5.74, 6) is -0.922. The molecule has 0 atom stereocenters. The van der Waals surface area contributed by atoms with E-state index in [4.69, 9.17) is 0 Å². The van der Waals surface area contributed by atoms with E-state index in [2.05, 4.69) is 0 Å². The second-order valence-corrected chi connectivity index (χ2v) is 5.08. The Morgan fingerprint density at radius 1 is 0.792 bits per heavy atom. The SMILES string of the molecule is O=C(/C=C/c1ccccc1O)CC(=O)/C=C/c1cc(O)ccc1O. The van der Waals surface area contributed by atoms with Crippen LogP contribution in [0, 0.1) is 0 Å². The molecule has 5 heteroatoms. The molecular weight excluding hydrogens is 308 g/mol. The number of hydrogen-bond acceptors (Lipinski definition) is 5. The van der Waals surface area contributed by atoms with Crippen molar-refractivity contribution in [1.29, 1.82) is 0 Å². The summed E-state index contributed by atoms with van der Waals surface area (Å²) in [7, 11) is 0. The molecule has 2 rings (SSSR count). The molecule has 0 spiro atoms. The fourth-order valence-corrected chi connectivity index (χ4v) is 1.96. The van der Waals surface area contributed by atoms with Crippen LogP contribution >= 0.6 is 0 Å². The van der Waals surface area contributed by atoms with Crippen LogP contribution in [0.15, 0.2) is 54.6 Å². The van der Waals surface area contributed by atoms with E-state index in [-0.39, 0.29) is 29.2 Å². The van der Waals surface area contributed by atoms with Gasteiger partial charge >= 0.3 is 0 Å². The van der Waals surface area contributed by atoms with E-state index in [0.717, 1.165) is 0 Å². The van der Waals surface area contributed by atoms with Crippen LogP contribution in [0.4, 0.5) is 0 Å². The highest BCUT2D eigenvalue weighted by atomic mass is 16.3. The molecule has 0 unspecified atom stereocenters. The molecule has 0 fully saturated rings. The van der Waals surface area contributed by atoms with Gasteiger partial charge in [0.1, 0.15) is 17.2 Å². The van der Waals surface area contributed by atoms with Gasteiger partial charge in [-0.25, -0.2) is 0 Å². The number of rotatable bonds is 6. The number of phenolic OH excluding ortho intramolecular Hbond substituents is 3. The molecule has 24 heavy (non-hydrogen) atoms. The Labute approximate surface area is 138 Å². The molecule has 0 aliphatic carbocycles. The maximum Gasteiger partial charge on any atom is 0.163 e. The van der Waals surface area contributed by atoms with Crippen molar-refractivity contribution in [3.8, 4) is 17.2 Å². The fraction of sp³-hybridized carbons (Fsp3) is 0.0526. The number of para-hydroxylation sites is 1. The van der Waals surface area contributed by atoms with Gasteiger partial charge in [-0.05, 0) is 48.6 Å². The summed E-state index contributed by atoms with van der Waals surface area (Å²) in [5.41, 5.74) is 0.763.